The predicted octanol–water partition coefficient (Wildman–Crippen LogP) is 0.178. The molecule has 13 heavy (non-hydrogen) atoms. The predicted molar refractivity (Wildman–Crippen MR) is 54.3 cm³/mol. The van der Waals surface area contributed by atoms with Crippen molar-refractivity contribution in [2.75, 3.05) is 6.61 Å². The summed E-state index contributed by atoms with van der Waals surface area (Å²) in [5.74, 6) is 0. The second-order valence-corrected chi connectivity index (χ2v) is 5.46. The summed E-state index contributed by atoms with van der Waals surface area (Å²) < 4.78 is 1.25. The van der Waals surface area contributed by atoms with Gasteiger partial charge in [0, 0.05) is 0 Å². The van der Waals surface area contributed by atoms with Crippen LogP contribution in [0.3, 0.4) is 0 Å². The zero-order valence-corrected chi connectivity index (χ0v) is 9.32. The molecule has 1 unspecified atom stereocenters. The van der Waals surface area contributed by atoms with Crippen LogP contribution in [-0.4, -0.2) is 37.4 Å². The van der Waals surface area contributed by atoms with E-state index in [0.29, 0.717) is 5.32 Å². The molecule has 0 aliphatic rings. The maximum absolute atomic E-state index is 9.55. The van der Waals surface area contributed by atoms with E-state index >= 15 is 0 Å². The number of hydrogen-bond donors (Lipinski definition) is 2. The molecule has 0 fully saturated rings. The van der Waals surface area contributed by atoms with Crippen molar-refractivity contribution in [1.82, 2.24) is 0 Å². The fourth-order valence-electron chi connectivity index (χ4n) is 0.801. The minimum absolute atomic E-state index is 0.165. The summed E-state index contributed by atoms with van der Waals surface area (Å²) in [6, 6.07) is 10.1. The zero-order chi connectivity index (χ0) is 9.73. The van der Waals surface area contributed by atoms with Crippen LogP contribution < -0.4 is 4.46 Å². The number of benzene rings is 1. The fraction of sp³-hybridized carbons (Fsp3) is 0.400. The van der Waals surface area contributed by atoms with Gasteiger partial charge >= 0.3 is 84.4 Å². The summed E-state index contributed by atoms with van der Waals surface area (Å²) in [7, 11) is 0. The summed E-state index contributed by atoms with van der Waals surface area (Å²) in [6.07, 6.45) is 0. The Bertz CT molecular complexity index is 246. The molecule has 0 heterocycles. The molecule has 1 atom stereocenters. The summed E-state index contributed by atoms with van der Waals surface area (Å²) >= 11 is 0.244. The van der Waals surface area contributed by atoms with Gasteiger partial charge in [-0.2, -0.15) is 0 Å². The molecule has 0 bridgehead atoms. The van der Waals surface area contributed by atoms with Gasteiger partial charge in [-0.05, 0) is 0 Å². The summed E-state index contributed by atoms with van der Waals surface area (Å²) in [5.41, 5.74) is -0.921. The number of rotatable bonds is 4. The normalized spacial score (nSPS) is 15.3. The molecule has 0 aliphatic heterocycles. The minimum atomic E-state index is -0.921. The SMILES string of the molecule is CC(O)(CO)C[Se]c1ccccc1. The van der Waals surface area contributed by atoms with Gasteiger partial charge in [0.05, 0.1) is 0 Å². The van der Waals surface area contributed by atoms with Crippen LogP contribution in [0.1, 0.15) is 6.92 Å². The Balaban J connectivity index is 2.44. The molecule has 0 radical (unpaired) electrons. The van der Waals surface area contributed by atoms with Gasteiger partial charge in [-0.3, -0.25) is 0 Å². The molecule has 0 saturated carbocycles. The van der Waals surface area contributed by atoms with Gasteiger partial charge in [0.2, 0.25) is 0 Å². The Morgan fingerprint density at radius 3 is 2.46 bits per heavy atom. The standard InChI is InChI=1S/C10H14O2Se/c1-10(12,7-11)8-13-9-5-3-2-4-6-9/h2-6,11-12H,7-8H2,1H3. The maximum atomic E-state index is 9.55. The molecule has 1 aromatic carbocycles. The third-order valence-corrected chi connectivity index (χ3v) is 4.51. The number of aliphatic hydroxyl groups is 2. The van der Waals surface area contributed by atoms with E-state index in [9.17, 15) is 5.11 Å². The van der Waals surface area contributed by atoms with Gasteiger partial charge in [0.15, 0.2) is 0 Å². The number of aliphatic hydroxyl groups excluding tert-OH is 1. The van der Waals surface area contributed by atoms with E-state index in [1.807, 2.05) is 30.3 Å². The average Bonchev–Trinajstić information content (AvgIpc) is 2.17. The van der Waals surface area contributed by atoms with Crippen molar-refractivity contribution < 1.29 is 10.2 Å². The van der Waals surface area contributed by atoms with Crippen LogP contribution in [0.15, 0.2) is 30.3 Å². The first-order valence-electron chi connectivity index (χ1n) is 4.15. The molecule has 1 rings (SSSR count). The van der Waals surface area contributed by atoms with Gasteiger partial charge in [0.1, 0.15) is 0 Å². The molecule has 0 aliphatic carbocycles. The van der Waals surface area contributed by atoms with Crippen LogP contribution in [0, 0.1) is 0 Å². The molecule has 72 valence electrons. The molecular weight excluding hydrogens is 231 g/mol. The van der Waals surface area contributed by atoms with E-state index < -0.39 is 5.60 Å². The van der Waals surface area contributed by atoms with Gasteiger partial charge in [0.25, 0.3) is 0 Å². The molecule has 0 saturated heterocycles. The van der Waals surface area contributed by atoms with E-state index in [1.165, 1.54) is 4.46 Å². The topological polar surface area (TPSA) is 40.5 Å². The Morgan fingerprint density at radius 1 is 1.31 bits per heavy atom. The van der Waals surface area contributed by atoms with Gasteiger partial charge < -0.3 is 0 Å². The molecular formula is C10H14O2Se. The monoisotopic (exact) mass is 246 g/mol. The van der Waals surface area contributed by atoms with Gasteiger partial charge in [-0.15, -0.1) is 0 Å². The van der Waals surface area contributed by atoms with E-state index in [0.717, 1.165) is 0 Å². The molecule has 0 amide bonds. The van der Waals surface area contributed by atoms with Crippen molar-refractivity contribution in [3.05, 3.63) is 30.3 Å². The Morgan fingerprint density at radius 2 is 1.92 bits per heavy atom. The first kappa shape index (κ1) is 10.7. The van der Waals surface area contributed by atoms with E-state index in [1.54, 1.807) is 6.92 Å². The molecule has 2 nitrogen and oxygen atoms in total. The van der Waals surface area contributed by atoms with E-state index in [2.05, 4.69) is 0 Å². The van der Waals surface area contributed by atoms with Crippen molar-refractivity contribution in [3.8, 4) is 0 Å². The van der Waals surface area contributed by atoms with Crippen molar-refractivity contribution >= 4 is 19.4 Å². The van der Waals surface area contributed by atoms with E-state index in [4.69, 9.17) is 5.11 Å². The first-order chi connectivity index (χ1) is 6.14. The van der Waals surface area contributed by atoms with Gasteiger partial charge in [-0.25, -0.2) is 0 Å². The van der Waals surface area contributed by atoms with Crippen LogP contribution in [0.5, 0.6) is 0 Å². The van der Waals surface area contributed by atoms with Crippen molar-refractivity contribution in [1.29, 1.82) is 0 Å². The van der Waals surface area contributed by atoms with Crippen LogP contribution in [0.4, 0.5) is 0 Å². The summed E-state index contributed by atoms with van der Waals surface area (Å²) in [6.45, 7) is 1.50. The van der Waals surface area contributed by atoms with Crippen molar-refractivity contribution in [2.45, 2.75) is 17.8 Å². The van der Waals surface area contributed by atoms with Crippen LogP contribution in [0.25, 0.3) is 0 Å². The Labute approximate surface area is 84.8 Å². The van der Waals surface area contributed by atoms with Crippen LogP contribution in [0.2, 0.25) is 5.32 Å². The molecule has 3 heteroatoms. The third kappa shape index (κ3) is 3.92. The van der Waals surface area contributed by atoms with Crippen LogP contribution >= 0.6 is 0 Å². The molecule has 0 spiro atoms. The van der Waals surface area contributed by atoms with Gasteiger partial charge in [-0.1, -0.05) is 0 Å². The van der Waals surface area contributed by atoms with Crippen LogP contribution in [-0.2, 0) is 0 Å². The van der Waals surface area contributed by atoms with Crippen molar-refractivity contribution in [3.63, 3.8) is 0 Å². The fourth-order valence-corrected chi connectivity index (χ4v) is 2.73. The second-order valence-electron chi connectivity index (χ2n) is 3.26. The summed E-state index contributed by atoms with van der Waals surface area (Å²) in [4.78, 5) is 0. The molecule has 0 aromatic heterocycles. The molecule has 2 N–H and O–H groups in total. The Hall–Kier alpha value is -0.341. The molecule has 1 aromatic rings. The zero-order valence-electron chi connectivity index (χ0n) is 7.60. The second kappa shape index (κ2) is 4.77. The first-order valence-corrected chi connectivity index (χ1v) is 6.22. The summed E-state index contributed by atoms with van der Waals surface area (Å²) in [5, 5.41) is 19.0. The number of hydrogen-bond acceptors (Lipinski definition) is 2. The van der Waals surface area contributed by atoms with E-state index in [-0.39, 0.29) is 21.6 Å². The average molecular weight is 245 g/mol. The quantitative estimate of drug-likeness (QED) is 0.743. The Kier molecular flexibility index (Phi) is 3.94. The third-order valence-electron chi connectivity index (χ3n) is 1.63. The van der Waals surface area contributed by atoms with Crippen molar-refractivity contribution in [2.24, 2.45) is 0 Å².